The number of aromatic nitrogens is 3. The summed E-state index contributed by atoms with van der Waals surface area (Å²) in [5.74, 6) is 0.839. The topological polar surface area (TPSA) is 88.9 Å². The zero-order chi connectivity index (χ0) is 21.4. The molecular formula is C24H27N5O2. The number of carbonyl (C=O) groups is 2. The van der Waals surface area contributed by atoms with E-state index in [0.717, 1.165) is 61.4 Å². The Morgan fingerprint density at radius 3 is 2.65 bits per heavy atom. The SMILES string of the molecule is Cc1cc(C(=O)NCc2ccc(C(=O)NC3CC3)cc2)c2nc3n(c2n1)CCCCC3. The van der Waals surface area contributed by atoms with Crippen molar-refractivity contribution in [1.82, 2.24) is 25.2 Å². The summed E-state index contributed by atoms with van der Waals surface area (Å²) in [5, 5.41) is 5.99. The molecule has 2 N–H and O–H groups in total. The molecule has 0 saturated heterocycles. The maximum absolute atomic E-state index is 13.0. The first kappa shape index (κ1) is 19.7. The van der Waals surface area contributed by atoms with Crippen LogP contribution in [0, 0.1) is 6.92 Å². The molecule has 1 aliphatic heterocycles. The van der Waals surface area contributed by atoms with E-state index in [1.165, 1.54) is 6.42 Å². The summed E-state index contributed by atoms with van der Waals surface area (Å²) < 4.78 is 2.18. The Hall–Kier alpha value is -3.22. The van der Waals surface area contributed by atoms with Gasteiger partial charge in [-0.3, -0.25) is 9.59 Å². The molecule has 2 aliphatic rings. The number of carbonyl (C=O) groups excluding carboxylic acids is 2. The first-order valence-electron chi connectivity index (χ1n) is 11.1. The molecule has 31 heavy (non-hydrogen) atoms. The minimum atomic E-state index is -0.153. The van der Waals surface area contributed by atoms with Gasteiger partial charge in [-0.2, -0.15) is 0 Å². The standard InChI is InChI=1S/C24H27N5O2/c1-15-13-19(21-22(26-15)29-12-4-2-3-5-20(29)28-21)24(31)25-14-16-6-8-17(9-7-16)23(30)27-18-10-11-18/h6-9,13,18H,2-5,10-12,14H2,1H3,(H,25,31)(H,27,30). The Balaban J connectivity index is 1.31. The predicted molar refractivity (Wildman–Crippen MR) is 118 cm³/mol. The molecule has 7 nitrogen and oxygen atoms in total. The van der Waals surface area contributed by atoms with E-state index in [-0.39, 0.29) is 11.8 Å². The monoisotopic (exact) mass is 417 g/mol. The van der Waals surface area contributed by atoms with Crippen molar-refractivity contribution in [3.8, 4) is 0 Å². The van der Waals surface area contributed by atoms with Crippen molar-refractivity contribution in [2.24, 2.45) is 0 Å². The highest BCUT2D eigenvalue weighted by Gasteiger charge is 2.24. The van der Waals surface area contributed by atoms with Crippen LogP contribution in [0.4, 0.5) is 0 Å². The van der Waals surface area contributed by atoms with Gasteiger partial charge in [0.25, 0.3) is 11.8 Å². The van der Waals surface area contributed by atoms with Crippen molar-refractivity contribution in [3.05, 3.63) is 58.5 Å². The van der Waals surface area contributed by atoms with Crippen LogP contribution in [0.1, 0.15) is 69.9 Å². The summed E-state index contributed by atoms with van der Waals surface area (Å²) in [5.41, 5.74) is 4.48. The third-order valence-electron chi connectivity index (χ3n) is 6.02. The third kappa shape index (κ3) is 4.17. The Morgan fingerprint density at radius 1 is 1.06 bits per heavy atom. The molecule has 0 bridgehead atoms. The van der Waals surface area contributed by atoms with E-state index in [9.17, 15) is 9.59 Å². The smallest absolute Gasteiger partial charge is 0.253 e. The van der Waals surface area contributed by atoms with Crippen LogP contribution in [0.5, 0.6) is 0 Å². The molecule has 160 valence electrons. The first-order valence-corrected chi connectivity index (χ1v) is 11.1. The number of amides is 2. The Morgan fingerprint density at radius 2 is 1.87 bits per heavy atom. The number of benzene rings is 1. The number of imidazole rings is 1. The van der Waals surface area contributed by atoms with Gasteiger partial charge in [0.2, 0.25) is 0 Å². The lowest BCUT2D eigenvalue weighted by molar-refractivity contribution is 0.0942. The van der Waals surface area contributed by atoms with Gasteiger partial charge in [0.15, 0.2) is 5.65 Å². The molecule has 3 heterocycles. The molecule has 2 aromatic heterocycles. The summed E-state index contributed by atoms with van der Waals surface area (Å²) in [6.45, 7) is 3.21. The van der Waals surface area contributed by atoms with Crippen molar-refractivity contribution in [1.29, 1.82) is 0 Å². The zero-order valence-electron chi connectivity index (χ0n) is 17.8. The Kier molecular flexibility index (Phi) is 5.18. The second-order valence-corrected chi connectivity index (χ2v) is 8.60. The fourth-order valence-electron chi connectivity index (χ4n) is 4.14. The van der Waals surface area contributed by atoms with E-state index >= 15 is 0 Å². The highest BCUT2D eigenvalue weighted by molar-refractivity contribution is 6.04. The lowest BCUT2D eigenvalue weighted by atomic mass is 10.1. The maximum atomic E-state index is 13.0. The van der Waals surface area contributed by atoms with Gasteiger partial charge in [-0.25, -0.2) is 9.97 Å². The van der Waals surface area contributed by atoms with E-state index in [2.05, 4.69) is 20.2 Å². The number of nitrogens with one attached hydrogen (secondary N) is 2. The van der Waals surface area contributed by atoms with Gasteiger partial charge in [-0.05, 0) is 56.4 Å². The number of pyridine rings is 1. The van der Waals surface area contributed by atoms with E-state index in [1.807, 2.05) is 25.1 Å². The molecule has 1 aliphatic carbocycles. The molecule has 1 fully saturated rings. The van der Waals surface area contributed by atoms with Crippen LogP contribution < -0.4 is 10.6 Å². The lowest BCUT2D eigenvalue weighted by Crippen LogP contribution is -2.25. The highest BCUT2D eigenvalue weighted by Crippen LogP contribution is 2.24. The van der Waals surface area contributed by atoms with E-state index in [0.29, 0.717) is 29.2 Å². The van der Waals surface area contributed by atoms with Gasteiger partial charge in [0.1, 0.15) is 11.3 Å². The van der Waals surface area contributed by atoms with Gasteiger partial charge in [0, 0.05) is 36.8 Å². The van der Waals surface area contributed by atoms with E-state index in [1.54, 1.807) is 12.1 Å². The van der Waals surface area contributed by atoms with Crippen molar-refractivity contribution < 1.29 is 9.59 Å². The third-order valence-corrected chi connectivity index (χ3v) is 6.02. The molecule has 0 radical (unpaired) electrons. The summed E-state index contributed by atoms with van der Waals surface area (Å²) in [6, 6.07) is 9.53. The van der Waals surface area contributed by atoms with Crippen molar-refractivity contribution in [2.75, 3.05) is 0 Å². The maximum Gasteiger partial charge on any atom is 0.253 e. The number of nitrogens with zero attached hydrogens (tertiary/aromatic N) is 3. The minimum absolute atomic E-state index is 0.0349. The zero-order valence-corrected chi connectivity index (χ0v) is 17.8. The van der Waals surface area contributed by atoms with Crippen molar-refractivity contribution in [2.45, 2.75) is 64.6 Å². The predicted octanol–water partition coefficient (Wildman–Crippen LogP) is 3.29. The highest BCUT2D eigenvalue weighted by atomic mass is 16.2. The molecule has 0 unspecified atom stereocenters. The molecular weight excluding hydrogens is 390 g/mol. The van der Waals surface area contributed by atoms with Crippen LogP contribution in [0.15, 0.2) is 30.3 Å². The number of aryl methyl sites for hydroxylation is 3. The fraction of sp³-hybridized carbons (Fsp3) is 0.417. The van der Waals surface area contributed by atoms with Crippen LogP contribution in [0.25, 0.3) is 11.2 Å². The quantitative estimate of drug-likeness (QED) is 0.667. The van der Waals surface area contributed by atoms with E-state index in [4.69, 9.17) is 4.98 Å². The van der Waals surface area contributed by atoms with Gasteiger partial charge >= 0.3 is 0 Å². The van der Waals surface area contributed by atoms with E-state index < -0.39 is 0 Å². The molecule has 1 saturated carbocycles. The summed E-state index contributed by atoms with van der Waals surface area (Å²) in [7, 11) is 0. The largest absolute Gasteiger partial charge is 0.349 e. The van der Waals surface area contributed by atoms with Gasteiger partial charge < -0.3 is 15.2 Å². The molecule has 3 aromatic rings. The van der Waals surface area contributed by atoms with Crippen LogP contribution >= 0.6 is 0 Å². The second-order valence-electron chi connectivity index (χ2n) is 8.60. The first-order chi connectivity index (χ1) is 15.1. The minimum Gasteiger partial charge on any atom is -0.349 e. The molecule has 0 spiro atoms. The fourth-order valence-corrected chi connectivity index (χ4v) is 4.14. The normalized spacial score (nSPS) is 15.9. The van der Waals surface area contributed by atoms with Crippen LogP contribution in [0.3, 0.4) is 0 Å². The van der Waals surface area contributed by atoms with Crippen LogP contribution in [0.2, 0.25) is 0 Å². The lowest BCUT2D eigenvalue weighted by Gasteiger charge is -2.09. The summed E-state index contributed by atoms with van der Waals surface area (Å²) >= 11 is 0. The van der Waals surface area contributed by atoms with Gasteiger partial charge in [-0.15, -0.1) is 0 Å². The second kappa shape index (κ2) is 8.13. The van der Waals surface area contributed by atoms with Gasteiger partial charge in [0.05, 0.1) is 5.56 Å². The van der Waals surface area contributed by atoms with Crippen LogP contribution in [-0.4, -0.2) is 32.4 Å². The number of rotatable bonds is 5. The summed E-state index contributed by atoms with van der Waals surface area (Å²) in [4.78, 5) is 34.6. The Labute approximate surface area is 181 Å². The Bertz CT molecular complexity index is 1140. The number of hydrogen-bond acceptors (Lipinski definition) is 4. The average Bonchev–Trinajstić information content (AvgIpc) is 3.56. The number of fused-ring (bicyclic) bond motifs is 3. The van der Waals surface area contributed by atoms with Crippen LogP contribution in [-0.2, 0) is 19.5 Å². The molecule has 1 aromatic carbocycles. The average molecular weight is 418 g/mol. The molecule has 7 heteroatoms. The molecule has 5 rings (SSSR count). The molecule has 2 amide bonds. The molecule has 0 atom stereocenters. The van der Waals surface area contributed by atoms with Crippen molar-refractivity contribution in [3.63, 3.8) is 0 Å². The van der Waals surface area contributed by atoms with Crippen molar-refractivity contribution >= 4 is 23.0 Å². The number of hydrogen-bond donors (Lipinski definition) is 2. The van der Waals surface area contributed by atoms with Gasteiger partial charge in [-0.1, -0.05) is 18.6 Å². The summed E-state index contributed by atoms with van der Waals surface area (Å²) in [6.07, 6.45) is 6.50.